The molecular weight excluding hydrogens is 332 g/mol. The van der Waals surface area contributed by atoms with E-state index in [2.05, 4.69) is 5.32 Å². The molecule has 0 spiro atoms. The molecule has 0 saturated heterocycles. The molecule has 3 rings (SSSR count). The van der Waals surface area contributed by atoms with Crippen molar-refractivity contribution in [3.8, 4) is 11.5 Å². The van der Waals surface area contributed by atoms with Crippen molar-refractivity contribution in [1.29, 1.82) is 0 Å². The summed E-state index contributed by atoms with van der Waals surface area (Å²) >= 11 is 0. The zero-order valence-electron chi connectivity index (χ0n) is 14.4. The standard InChI is InChI=1S/C20H22N2O4/c21-19(23)13-25-18-11-4-3-10-17(18)20(24)22-14-6-5-9-16(12-14)26-15-7-1-2-8-15/h3-6,9-12,15H,1-2,7-8,13H2,(H2,21,23)(H,22,24). The molecule has 0 heterocycles. The fourth-order valence-electron chi connectivity index (χ4n) is 2.97. The van der Waals surface area contributed by atoms with Gasteiger partial charge in [-0.05, 0) is 49.9 Å². The average molecular weight is 354 g/mol. The molecule has 6 heteroatoms. The Morgan fingerprint density at radius 2 is 1.85 bits per heavy atom. The quantitative estimate of drug-likeness (QED) is 0.799. The van der Waals surface area contributed by atoms with Crippen LogP contribution < -0.4 is 20.5 Å². The van der Waals surface area contributed by atoms with E-state index in [-0.39, 0.29) is 18.6 Å². The van der Waals surface area contributed by atoms with Gasteiger partial charge in [0.05, 0.1) is 11.7 Å². The SMILES string of the molecule is NC(=O)COc1ccccc1C(=O)Nc1cccc(OC2CCCC2)c1. The number of hydrogen-bond donors (Lipinski definition) is 2. The van der Waals surface area contributed by atoms with Crippen LogP contribution in [0.2, 0.25) is 0 Å². The van der Waals surface area contributed by atoms with E-state index in [0.29, 0.717) is 17.0 Å². The van der Waals surface area contributed by atoms with Crippen LogP contribution >= 0.6 is 0 Å². The topological polar surface area (TPSA) is 90.7 Å². The van der Waals surface area contributed by atoms with E-state index in [1.807, 2.05) is 18.2 Å². The van der Waals surface area contributed by atoms with Gasteiger partial charge in [0.1, 0.15) is 11.5 Å². The second-order valence-electron chi connectivity index (χ2n) is 6.26. The zero-order chi connectivity index (χ0) is 18.4. The summed E-state index contributed by atoms with van der Waals surface area (Å²) in [4.78, 5) is 23.5. The van der Waals surface area contributed by atoms with Crippen LogP contribution in [0.5, 0.6) is 11.5 Å². The monoisotopic (exact) mass is 354 g/mol. The van der Waals surface area contributed by atoms with Gasteiger partial charge in [0.2, 0.25) is 0 Å². The Hall–Kier alpha value is -3.02. The van der Waals surface area contributed by atoms with Gasteiger partial charge in [-0.3, -0.25) is 9.59 Å². The summed E-state index contributed by atoms with van der Waals surface area (Å²) in [5, 5.41) is 2.84. The average Bonchev–Trinajstić information content (AvgIpc) is 3.13. The van der Waals surface area contributed by atoms with Gasteiger partial charge in [0, 0.05) is 11.8 Å². The maximum Gasteiger partial charge on any atom is 0.259 e. The van der Waals surface area contributed by atoms with Crippen molar-refractivity contribution in [1.82, 2.24) is 0 Å². The Balaban J connectivity index is 1.69. The van der Waals surface area contributed by atoms with E-state index < -0.39 is 5.91 Å². The van der Waals surface area contributed by atoms with Gasteiger partial charge in [-0.1, -0.05) is 18.2 Å². The first kappa shape index (κ1) is 17.8. The molecule has 1 aliphatic rings. The van der Waals surface area contributed by atoms with Gasteiger partial charge in [-0.15, -0.1) is 0 Å². The number of nitrogens with two attached hydrogens (primary N) is 1. The number of ether oxygens (including phenoxy) is 2. The molecule has 2 aromatic rings. The van der Waals surface area contributed by atoms with Crippen LogP contribution in [-0.2, 0) is 4.79 Å². The fourth-order valence-corrected chi connectivity index (χ4v) is 2.97. The highest BCUT2D eigenvalue weighted by molar-refractivity contribution is 6.06. The van der Waals surface area contributed by atoms with Crippen molar-refractivity contribution in [2.75, 3.05) is 11.9 Å². The molecule has 3 N–H and O–H groups in total. The Kier molecular flexibility index (Phi) is 5.73. The third-order valence-corrected chi connectivity index (χ3v) is 4.20. The lowest BCUT2D eigenvalue weighted by atomic mass is 10.2. The van der Waals surface area contributed by atoms with Crippen LogP contribution in [0.4, 0.5) is 5.69 Å². The first-order valence-corrected chi connectivity index (χ1v) is 8.70. The summed E-state index contributed by atoms with van der Waals surface area (Å²) in [5.74, 6) is 0.121. The van der Waals surface area contributed by atoms with E-state index in [4.69, 9.17) is 15.2 Å². The van der Waals surface area contributed by atoms with E-state index in [9.17, 15) is 9.59 Å². The van der Waals surface area contributed by atoms with Crippen molar-refractivity contribution in [2.24, 2.45) is 5.73 Å². The third-order valence-electron chi connectivity index (χ3n) is 4.20. The van der Waals surface area contributed by atoms with Crippen molar-refractivity contribution in [2.45, 2.75) is 31.8 Å². The maximum atomic E-state index is 12.6. The van der Waals surface area contributed by atoms with Crippen molar-refractivity contribution >= 4 is 17.5 Å². The minimum absolute atomic E-state index is 0.254. The van der Waals surface area contributed by atoms with Crippen LogP contribution in [0.1, 0.15) is 36.0 Å². The van der Waals surface area contributed by atoms with Crippen molar-refractivity contribution in [3.05, 3.63) is 54.1 Å². The Bertz CT molecular complexity index is 785. The predicted molar refractivity (Wildman–Crippen MR) is 98.4 cm³/mol. The number of anilines is 1. The number of nitrogens with one attached hydrogen (secondary N) is 1. The molecule has 1 fully saturated rings. The normalized spacial score (nSPS) is 14.0. The molecule has 0 unspecified atom stereocenters. The number of hydrogen-bond acceptors (Lipinski definition) is 4. The molecule has 0 aromatic heterocycles. The van der Waals surface area contributed by atoms with Gasteiger partial charge in [-0.25, -0.2) is 0 Å². The molecule has 2 amide bonds. The highest BCUT2D eigenvalue weighted by Gasteiger charge is 2.17. The Morgan fingerprint density at radius 3 is 2.62 bits per heavy atom. The van der Waals surface area contributed by atoms with Crippen molar-refractivity contribution < 1.29 is 19.1 Å². The fraction of sp³-hybridized carbons (Fsp3) is 0.300. The lowest BCUT2D eigenvalue weighted by Crippen LogP contribution is -2.21. The van der Waals surface area contributed by atoms with E-state index in [1.54, 1.807) is 30.3 Å². The molecule has 2 aromatic carbocycles. The van der Waals surface area contributed by atoms with Crippen LogP contribution in [0, 0.1) is 0 Å². The number of carbonyl (C=O) groups is 2. The van der Waals surface area contributed by atoms with E-state index in [0.717, 1.165) is 18.6 Å². The summed E-state index contributed by atoms with van der Waals surface area (Å²) < 4.78 is 11.3. The smallest absolute Gasteiger partial charge is 0.259 e. The third kappa shape index (κ3) is 4.75. The molecule has 26 heavy (non-hydrogen) atoms. The molecule has 136 valence electrons. The summed E-state index contributed by atoms with van der Waals surface area (Å²) in [5.41, 5.74) is 6.06. The molecule has 6 nitrogen and oxygen atoms in total. The van der Waals surface area contributed by atoms with E-state index >= 15 is 0 Å². The summed E-state index contributed by atoms with van der Waals surface area (Å²) in [6.07, 6.45) is 4.79. The van der Waals surface area contributed by atoms with Crippen molar-refractivity contribution in [3.63, 3.8) is 0 Å². The molecule has 1 saturated carbocycles. The summed E-state index contributed by atoms with van der Waals surface area (Å²) in [6, 6.07) is 14.0. The predicted octanol–water partition coefficient (Wildman–Crippen LogP) is 3.12. The minimum Gasteiger partial charge on any atom is -0.490 e. The van der Waals surface area contributed by atoms with Crippen LogP contribution in [-0.4, -0.2) is 24.5 Å². The first-order chi connectivity index (χ1) is 12.6. The Morgan fingerprint density at radius 1 is 1.08 bits per heavy atom. The first-order valence-electron chi connectivity index (χ1n) is 8.70. The highest BCUT2D eigenvalue weighted by atomic mass is 16.5. The van der Waals surface area contributed by atoms with Crippen LogP contribution in [0.15, 0.2) is 48.5 Å². The molecule has 0 aliphatic heterocycles. The van der Waals surface area contributed by atoms with Crippen LogP contribution in [0.3, 0.4) is 0 Å². The molecule has 0 radical (unpaired) electrons. The summed E-state index contributed by atoms with van der Waals surface area (Å²) in [7, 11) is 0. The van der Waals surface area contributed by atoms with Gasteiger partial charge in [-0.2, -0.15) is 0 Å². The molecule has 0 atom stereocenters. The van der Waals surface area contributed by atoms with Gasteiger partial charge in [0.15, 0.2) is 6.61 Å². The largest absolute Gasteiger partial charge is 0.490 e. The minimum atomic E-state index is -0.600. The number of rotatable bonds is 7. The zero-order valence-corrected chi connectivity index (χ0v) is 14.4. The lowest BCUT2D eigenvalue weighted by molar-refractivity contribution is -0.119. The molecular formula is C20H22N2O4. The number of para-hydroxylation sites is 1. The van der Waals surface area contributed by atoms with Crippen LogP contribution in [0.25, 0.3) is 0 Å². The maximum absolute atomic E-state index is 12.6. The number of amides is 2. The van der Waals surface area contributed by atoms with Gasteiger partial charge in [0.25, 0.3) is 11.8 Å². The van der Waals surface area contributed by atoms with E-state index in [1.165, 1.54) is 12.8 Å². The highest BCUT2D eigenvalue weighted by Crippen LogP contribution is 2.26. The number of carbonyl (C=O) groups excluding carboxylic acids is 2. The second-order valence-corrected chi connectivity index (χ2v) is 6.26. The van der Waals surface area contributed by atoms with Gasteiger partial charge >= 0.3 is 0 Å². The summed E-state index contributed by atoms with van der Waals surface area (Å²) in [6.45, 7) is -0.283. The number of primary amides is 1. The number of benzene rings is 2. The molecule has 0 bridgehead atoms. The van der Waals surface area contributed by atoms with Gasteiger partial charge < -0.3 is 20.5 Å². The Labute approximate surface area is 152 Å². The lowest BCUT2D eigenvalue weighted by Gasteiger charge is -2.14. The molecule has 1 aliphatic carbocycles. The second kappa shape index (κ2) is 8.38.